The molecular formula is C9H17ClO2. The first-order valence-electron chi connectivity index (χ1n) is 4.02. The van der Waals surface area contributed by atoms with Crippen LogP contribution < -0.4 is 0 Å². The van der Waals surface area contributed by atoms with Gasteiger partial charge in [-0.3, -0.25) is 4.79 Å². The molecule has 0 unspecified atom stereocenters. The van der Waals surface area contributed by atoms with Gasteiger partial charge in [-0.25, -0.2) is 0 Å². The van der Waals surface area contributed by atoms with Gasteiger partial charge in [-0.05, 0) is 23.4 Å². The van der Waals surface area contributed by atoms with Gasteiger partial charge in [0.05, 0.1) is 0 Å². The monoisotopic (exact) mass is 192 g/mol. The van der Waals surface area contributed by atoms with Gasteiger partial charge in [-0.2, -0.15) is 0 Å². The van der Waals surface area contributed by atoms with Crippen molar-refractivity contribution in [2.75, 3.05) is 6.61 Å². The molecule has 12 heavy (non-hydrogen) atoms. The predicted octanol–water partition coefficient (Wildman–Crippen LogP) is 2.19. The van der Waals surface area contributed by atoms with Crippen molar-refractivity contribution in [1.29, 1.82) is 0 Å². The number of halogens is 1. The molecule has 0 saturated heterocycles. The number of rotatable bonds is 4. The second kappa shape index (κ2) is 3.75. The lowest BCUT2D eigenvalue weighted by Crippen LogP contribution is -2.30. The third kappa shape index (κ3) is 3.55. The number of hydrogen-bond acceptors (Lipinski definition) is 2. The smallest absolute Gasteiger partial charge is 0.227 e. The molecule has 0 radical (unpaired) electrons. The first kappa shape index (κ1) is 11.9. The highest BCUT2D eigenvalue weighted by atomic mass is 35.5. The number of aliphatic hydroxyl groups excluding tert-OH is 1. The Hall–Kier alpha value is -0.0800. The van der Waals surface area contributed by atoms with E-state index in [-0.39, 0.29) is 17.3 Å². The number of hydrogen-bond donors (Lipinski definition) is 1. The molecule has 72 valence electrons. The Bertz CT molecular complexity index is 173. The Morgan fingerprint density at radius 2 is 1.75 bits per heavy atom. The normalized spacial score (nSPS) is 13.2. The summed E-state index contributed by atoms with van der Waals surface area (Å²) < 4.78 is 0. The number of carbonyl (C=O) groups is 1. The van der Waals surface area contributed by atoms with Crippen LogP contribution >= 0.6 is 11.6 Å². The minimum atomic E-state index is -0.548. The summed E-state index contributed by atoms with van der Waals surface area (Å²) in [4.78, 5) is 10.9. The van der Waals surface area contributed by atoms with Crippen molar-refractivity contribution in [3.63, 3.8) is 0 Å². The van der Waals surface area contributed by atoms with Crippen molar-refractivity contribution in [1.82, 2.24) is 0 Å². The summed E-state index contributed by atoms with van der Waals surface area (Å²) in [7, 11) is 0. The minimum Gasteiger partial charge on any atom is -0.396 e. The van der Waals surface area contributed by atoms with E-state index < -0.39 is 5.41 Å². The van der Waals surface area contributed by atoms with Gasteiger partial charge in [0.25, 0.3) is 0 Å². The van der Waals surface area contributed by atoms with E-state index in [0.29, 0.717) is 6.42 Å². The maximum Gasteiger partial charge on any atom is 0.227 e. The van der Waals surface area contributed by atoms with E-state index in [4.69, 9.17) is 16.7 Å². The topological polar surface area (TPSA) is 37.3 Å². The molecule has 0 aliphatic rings. The van der Waals surface area contributed by atoms with E-state index in [9.17, 15) is 4.79 Å². The Morgan fingerprint density at radius 3 is 2.00 bits per heavy atom. The quantitative estimate of drug-likeness (QED) is 0.694. The molecular weight excluding hydrogens is 176 g/mol. The Labute approximate surface area is 78.9 Å². The van der Waals surface area contributed by atoms with E-state index in [0.717, 1.165) is 0 Å². The summed E-state index contributed by atoms with van der Waals surface area (Å²) in [6, 6.07) is 0. The molecule has 0 aromatic heterocycles. The van der Waals surface area contributed by atoms with Gasteiger partial charge in [-0.1, -0.05) is 27.7 Å². The molecule has 0 rings (SSSR count). The van der Waals surface area contributed by atoms with Gasteiger partial charge < -0.3 is 5.11 Å². The molecule has 0 bridgehead atoms. The Kier molecular flexibility index (Phi) is 3.73. The van der Waals surface area contributed by atoms with Gasteiger partial charge in [-0.15, -0.1) is 0 Å². The Morgan fingerprint density at radius 1 is 1.33 bits per heavy atom. The molecule has 1 N–H and O–H groups in total. The summed E-state index contributed by atoms with van der Waals surface area (Å²) in [5.74, 6) is 0. The van der Waals surface area contributed by atoms with Gasteiger partial charge >= 0.3 is 0 Å². The number of carbonyl (C=O) groups excluding carboxylic acids is 1. The zero-order valence-electron chi connectivity index (χ0n) is 8.15. The van der Waals surface area contributed by atoms with E-state index >= 15 is 0 Å². The lowest BCUT2D eigenvalue weighted by atomic mass is 9.76. The lowest BCUT2D eigenvalue weighted by Gasteiger charge is -2.30. The lowest BCUT2D eigenvalue weighted by molar-refractivity contribution is -0.120. The molecule has 0 aliphatic heterocycles. The second-order valence-corrected chi connectivity index (χ2v) is 5.00. The van der Waals surface area contributed by atoms with Crippen molar-refractivity contribution in [3.8, 4) is 0 Å². The van der Waals surface area contributed by atoms with Crippen LogP contribution in [0.2, 0.25) is 0 Å². The van der Waals surface area contributed by atoms with Crippen LogP contribution in [0.5, 0.6) is 0 Å². The second-order valence-electron chi connectivity index (χ2n) is 4.66. The third-order valence-electron chi connectivity index (χ3n) is 1.88. The first-order valence-corrected chi connectivity index (χ1v) is 4.40. The summed E-state index contributed by atoms with van der Waals surface area (Å²) in [5, 5.41) is 8.64. The van der Waals surface area contributed by atoms with Crippen LogP contribution in [0, 0.1) is 10.8 Å². The molecule has 3 heteroatoms. The van der Waals surface area contributed by atoms with Crippen molar-refractivity contribution in [2.24, 2.45) is 10.8 Å². The molecule has 0 atom stereocenters. The third-order valence-corrected chi connectivity index (χ3v) is 2.39. The SMILES string of the molecule is CC(C)(CO)CC(C)(C)C(=O)Cl. The molecule has 2 nitrogen and oxygen atoms in total. The summed E-state index contributed by atoms with van der Waals surface area (Å²) in [5.41, 5.74) is -0.790. The summed E-state index contributed by atoms with van der Waals surface area (Å²) in [6.45, 7) is 7.48. The molecule has 0 spiro atoms. The van der Waals surface area contributed by atoms with Crippen LogP contribution in [-0.2, 0) is 4.79 Å². The standard InChI is InChI=1S/C9H17ClO2/c1-8(2,6-11)5-9(3,4)7(10)12/h11H,5-6H2,1-4H3. The zero-order valence-corrected chi connectivity index (χ0v) is 8.90. The van der Waals surface area contributed by atoms with E-state index in [1.54, 1.807) is 13.8 Å². The van der Waals surface area contributed by atoms with Gasteiger partial charge in [0, 0.05) is 12.0 Å². The highest BCUT2D eigenvalue weighted by molar-refractivity contribution is 6.64. The first-order chi connectivity index (χ1) is 5.21. The number of aliphatic hydroxyl groups is 1. The van der Waals surface area contributed by atoms with Crippen LogP contribution in [0.3, 0.4) is 0 Å². The highest BCUT2D eigenvalue weighted by Crippen LogP contribution is 2.34. The van der Waals surface area contributed by atoms with Crippen molar-refractivity contribution in [3.05, 3.63) is 0 Å². The summed E-state index contributed by atoms with van der Waals surface area (Å²) in [6.07, 6.45) is 0.596. The van der Waals surface area contributed by atoms with E-state index in [1.807, 2.05) is 13.8 Å². The van der Waals surface area contributed by atoms with Crippen LogP contribution in [0.1, 0.15) is 34.1 Å². The van der Waals surface area contributed by atoms with E-state index in [2.05, 4.69) is 0 Å². The molecule has 0 amide bonds. The molecule has 0 heterocycles. The van der Waals surface area contributed by atoms with Gasteiger partial charge in [0.2, 0.25) is 5.24 Å². The van der Waals surface area contributed by atoms with Crippen LogP contribution in [-0.4, -0.2) is 17.0 Å². The van der Waals surface area contributed by atoms with Crippen molar-refractivity contribution in [2.45, 2.75) is 34.1 Å². The molecule has 0 aromatic carbocycles. The highest BCUT2D eigenvalue weighted by Gasteiger charge is 2.33. The fourth-order valence-electron chi connectivity index (χ4n) is 1.32. The van der Waals surface area contributed by atoms with E-state index in [1.165, 1.54) is 0 Å². The van der Waals surface area contributed by atoms with Crippen molar-refractivity contribution >= 4 is 16.8 Å². The minimum absolute atomic E-state index is 0.0700. The van der Waals surface area contributed by atoms with Crippen LogP contribution in [0.25, 0.3) is 0 Å². The van der Waals surface area contributed by atoms with Crippen LogP contribution in [0.4, 0.5) is 0 Å². The fraction of sp³-hybridized carbons (Fsp3) is 0.889. The molecule has 0 fully saturated rings. The average Bonchev–Trinajstić information content (AvgIpc) is 1.85. The maximum absolute atomic E-state index is 10.9. The molecule has 0 saturated carbocycles. The molecule has 0 aromatic rings. The van der Waals surface area contributed by atoms with Gasteiger partial charge in [0.1, 0.15) is 0 Å². The van der Waals surface area contributed by atoms with Crippen LogP contribution in [0.15, 0.2) is 0 Å². The fourth-order valence-corrected chi connectivity index (χ4v) is 1.39. The van der Waals surface area contributed by atoms with Crippen molar-refractivity contribution < 1.29 is 9.90 Å². The predicted molar refractivity (Wildman–Crippen MR) is 50.1 cm³/mol. The largest absolute Gasteiger partial charge is 0.396 e. The zero-order chi connectivity index (χ0) is 9.99. The maximum atomic E-state index is 10.9. The average molecular weight is 193 g/mol. The Balaban J connectivity index is 4.34. The summed E-state index contributed by atoms with van der Waals surface area (Å²) >= 11 is 5.41. The molecule has 0 aliphatic carbocycles. The van der Waals surface area contributed by atoms with Gasteiger partial charge in [0.15, 0.2) is 0 Å².